The highest BCUT2D eigenvalue weighted by atomic mass is 32.2. The molecular weight excluding hydrogens is 432 g/mol. The van der Waals surface area contributed by atoms with E-state index in [4.69, 9.17) is 0 Å². The molecule has 1 saturated heterocycles. The van der Waals surface area contributed by atoms with Crippen LogP contribution in [0.1, 0.15) is 36.1 Å². The average molecular weight is 457 g/mol. The maximum absolute atomic E-state index is 13.0. The second-order valence-corrected chi connectivity index (χ2v) is 11.4. The third-order valence-electron chi connectivity index (χ3n) is 5.97. The Morgan fingerprint density at radius 2 is 1.52 bits per heavy atom. The first kappa shape index (κ1) is 21.7. The molecule has 0 saturated carbocycles. The van der Waals surface area contributed by atoms with Gasteiger partial charge in [-0.15, -0.1) is 11.3 Å². The summed E-state index contributed by atoms with van der Waals surface area (Å²) in [5.74, 6) is -1.05. The predicted molar refractivity (Wildman–Crippen MR) is 123 cm³/mol. The first-order valence-corrected chi connectivity index (χ1v) is 12.7. The van der Waals surface area contributed by atoms with Crippen LogP contribution < -0.4 is 0 Å². The molecule has 1 aliphatic rings. The Bertz CT molecular complexity index is 1180. The Morgan fingerprint density at radius 3 is 2.10 bits per heavy atom. The number of carboxylic acids is 1. The minimum Gasteiger partial charge on any atom is -0.481 e. The van der Waals surface area contributed by atoms with Crippen LogP contribution in [0.4, 0.5) is 0 Å². The lowest BCUT2D eigenvalue weighted by Gasteiger charge is -2.34. The maximum atomic E-state index is 13.0. The summed E-state index contributed by atoms with van der Waals surface area (Å²) in [5, 5.41) is 18.6. The summed E-state index contributed by atoms with van der Waals surface area (Å²) in [5.41, 5.74) is 3.91. The number of sulfone groups is 1. The monoisotopic (exact) mass is 456 g/mol. The van der Waals surface area contributed by atoms with Gasteiger partial charge in [0, 0.05) is 9.75 Å². The van der Waals surface area contributed by atoms with Crippen molar-refractivity contribution < 1.29 is 23.4 Å². The molecular formula is C24H24O5S2. The lowest BCUT2D eigenvalue weighted by atomic mass is 9.95. The second kappa shape index (κ2) is 8.57. The number of carboxylic acid groups (broad SMARTS) is 1. The summed E-state index contributed by atoms with van der Waals surface area (Å²) < 4.78 is 24.6. The van der Waals surface area contributed by atoms with E-state index in [1.165, 1.54) is 11.3 Å². The van der Waals surface area contributed by atoms with Crippen molar-refractivity contribution >= 4 is 27.1 Å². The van der Waals surface area contributed by atoms with Crippen molar-refractivity contribution in [2.75, 3.05) is 5.75 Å². The number of benzene rings is 2. The number of aliphatic carboxylic acids is 1. The topological polar surface area (TPSA) is 91.7 Å². The summed E-state index contributed by atoms with van der Waals surface area (Å²) in [4.78, 5) is 13.1. The van der Waals surface area contributed by atoms with E-state index in [0.717, 1.165) is 27.1 Å². The van der Waals surface area contributed by atoms with E-state index in [2.05, 4.69) is 0 Å². The first-order chi connectivity index (χ1) is 14.8. The maximum Gasteiger partial charge on any atom is 0.305 e. The lowest BCUT2D eigenvalue weighted by molar-refractivity contribution is -0.137. The molecule has 4 rings (SSSR count). The Labute approximate surface area is 185 Å². The van der Waals surface area contributed by atoms with E-state index in [-0.39, 0.29) is 12.4 Å². The van der Waals surface area contributed by atoms with E-state index in [0.29, 0.717) is 24.1 Å². The molecule has 1 fully saturated rings. The Hall–Kier alpha value is -2.48. The van der Waals surface area contributed by atoms with Gasteiger partial charge >= 0.3 is 5.97 Å². The first-order valence-electron chi connectivity index (χ1n) is 10.2. The fraction of sp³-hybridized carbons (Fsp3) is 0.292. The van der Waals surface area contributed by atoms with Crippen molar-refractivity contribution in [2.24, 2.45) is 0 Å². The van der Waals surface area contributed by atoms with E-state index < -0.39 is 27.0 Å². The van der Waals surface area contributed by atoms with Crippen LogP contribution in [0, 0.1) is 0 Å². The van der Waals surface area contributed by atoms with E-state index >= 15 is 0 Å². The lowest BCUT2D eigenvalue weighted by Crippen LogP contribution is -2.41. The molecule has 2 heterocycles. The summed E-state index contributed by atoms with van der Waals surface area (Å²) >= 11 is 1.37. The van der Waals surface area contributed by atoms with Gasteiger partial charge in [-0.25, -0.2) is 8.42 Å². The Morgan fingerprint density at radius 1 is 0.903 bits per heavy atom. The van der Waals surface area contributed by atoms with E-state index in [1.807, 2.05) is 54.6 Å². The SMILES string of the molecule is O=C(O)C[C@]1(c2ccc(-c3ccc(-c4ccc(CO)cc4)cc3)s2)CCCCS1(=O)=O. The van der Waals surface area contributed by atoms with Crippen LogP contribution in [0.25, 0.3) is 21.6 Å². The third-order valence-corrected chi connectivity index (χ3v) is 10.0. The molecule has 0 aliphatic carbocycles. The van der Waals surface area contributed by atoms with Crippen molar-refractivity contribution in [3.63, 3.8) is 0 Å². The Balaban J connectivity index is 1.65. The van der Waals surface area contributed by atoms with Gasteiger partial charge < -0.3 is 10.2 Å². The molecule has 0 amide bonds. The van der Waals surface area contributed by atoms with Gasteiger partial charge in [0.2, 0.25) is 0 Å². The molecule has 1 atom stereocenters. The van der Waals surface area contributed by atoms with Gasteiger partial charge in [0.1, 0.15) is 4.75 Å². The number of aliphatic hydroxyl groups is 1. The van der Waals surface area contributed by atoms with Gasteiger partial charge in [-0.3, -0.25) is 4.79 Å². The highest BCUT2D eigenvalue weighted by molar-refractivity contribution is 7.92. The molecule has 7 heteroatoms. The largest absolute Gasteiger partial charge is 0.481 e. The van der Waals surface area contributed by atoms with Gasteiger partial charge in [0.05, 0.1) is 18.8 Å². The molecule has 162 valence electrons. The summed E-state index contributed by atoms with van der Waals surface area (Å²) in [6, 6.07) is 19.4. The van der Waals surface area contributed by atoms with Crippen molar-refractivity contribution in [1.82, 2.24) is 0 Å². The number of hydrogen-bond donors (Lipinski definition) is 2. The predicted octanol–water partition coefficient (Wildman–Crippen LogP) is 4.84. The molecule has 1 aromatic heterocycles. The third kappa shape index (κ3) is 4.18. The highest BCUT2D eigenvalue weighted by Gasteiger charge is 2.49. The van der Waals surface area contributed by atoms with Crippen LogP contribution in [-0.4, -0.2) is 30.4 Å². The highest BCUT2D eigenvalue weighted by Crippen LogP contribution is 2.47. The molecule has 0 radical (unpaired) electrons. The average Bonchev–Trinajstić information content (AvgIpc) is 3.26. The van der Waals surface area contributed by atoms with Crippen LogP contribution >= 0.6 is 11.3 Å². The Kier molecular flexibility index (Phi) is 6.01. The molecule has 1 aliphatic heterocycles. The quantitative estimate of drug-likeness (QED) is 0.554. The molecule has 3 aromatic rings. The van der Waals surface area contributed by atoms with Gasteiger partial charge in [-0.2, -0.15) is 0 Å². The van der Waals surface area contributed by atoms with Crippen molar-refractivity contribution in [3.05, 3.63) is 71.1 Å². The van der Waals surface area contributed by atoms with Crippen molar-refractivity contribution in [3.8, 4) is 21.6 Å². The minimum atomic E-state index is -3.54. The zero-order valence-electron chi connectivity index (χ0n) is 17.0. The van der Waals surface area contributed by atoms with Crippen molar-refractivity contribution in [1.29, 1.82) is 0 Å². The minimum absolute atomic E-state index is 0.0129. The van der Waals surface area contributed by atoms with Crippen molar-refractivity contribution in [2.45, 2.75) is 37.0 Å². The van der Waals surface area contributed by atoms with Gasteiger partial charge in [-0.05, 0) is 47.2 Å². The molecule has 31 heavy (non-hydrogen) atoms. The zero-order chi connectivity index (χ0) is 22.1. The van der Waals surface area contributed by atoms with E-state index in [1.54, 1.807) is 6.07 Å². The fourth-order valence-electron chi connectivity index (χ4n) is 4.23. The number of hydrogen-bond acceptors (Lipinski definition) is 5. The van der Waals surface area contributed by atoms with Crippen LogP contribution in [0.2, 0.25) is 0 Å². The van der Waals surface area contributed by atoms with Crippen LogP contribution in [0.3, 0.4) is 0 Å². The summed E-state index contributed by atoms with van der Waals surface area (Å²) in [6.45, 7) is 0.0129. The molecule has 0 unspecified atom stereocenters. The molecule has 0 bridgehead atoms. The standard InChI is InChI=1S/C24H24O5S2/c25-16-17-3-5-18(6-4-17)19-7-9-20(10-8-19)21-11-12-22(30-21)24(15-23(26)27)13-1-2-14-31(24,28)29/h3-12,25H,1-2,13-16H2,(H,26,27)/t24-/m0/s1. The number of rotatable bonds is 6. The van der Waals surface area contributed by atoms with Crippen LogP contribution in [0.15, 0.2) is 60.7 Å². The van der Waals surface area contributed by atoms with Gasteiger partial charge in [-0.1, -0.05) is 55.0 Å². The smallest absolute Gasteiger partial charge is 0.305 e. The number of carbonyl (C=O) groups is 1. The molecule has 2 aromatic carbocycles. The van der Waals surface area contributed by atoms with Gasteiger partial charge in [0.25, 0.3) is 0 Å². The fourth-order valence-corrected chi connectivity index (χ4v) is 8.00. The molecule has 0 spiro atoms. The second-order valence-electron chi connectivity index (χ2n) is 7.94. The summed E-state index contributed by atoms with van der Waals surface area (Å²) in [7, 11) is -3.54. The zero-order valence-corrected chi connectivity index (χ0v) is 18.6. The normalized spacial score (nSPS) is 20.4. The van der Waals surface area contributed by atoms with Gasteiger partial charge in [0.15, 0.2) is 9.84 Å². The molecule has 5 nitrogen and oxygen atoms in total. The van der Waals surface area contributed by atoms with Crippen LogP contribution in [0.5, 0.6) is 0 Å². The van der Waals surface area contributed by atoms with E-state index in [9.17, 15) is 23.4 Å². The number of aliphatic hydroxyl groups excluding tert-OH is 1. The summed E-state index contributed by atoms with van der Waals surface area (Å²) in [6.07, 6.45) is 1.26. The van der Waals surface area contributed by atoms with Crippen LogP contribution in [-0.2, 0) is 26.0 Å². The molecule has 2 N–H and O–H groups in total. The number of thiophene rings is 1.